The van der Waals surface area contributed by atoms with E-state index in [9.17, 15) is 19.5 Å². The molecular weight excluding hydrogens is 432 g/mol. The predicted molar refractivity (Wildman–Crippen MR) is 131 cm³/mol. The predicted octanol–water partition coefficient (Wildman–Crippen LogP) is 4.54. The van der Waals surface area contributed by atoms with Gasteiger partial charge in [-0.2, -0.15) is 0 Å². The van der Waals surface area contributed by atoms with Crippen molar-refractivity contribution in [3.63, 3.8) is 0 Å². The monoisotopic (exact) mass is 468 g/mol. The fraction of sp³-hybridized carbons (Fsp3) is 0.464. The van der Waals surface area contributed by atoms with Crippen LogP contribution in [-0.2, 0) is 36.4 Å². The van der Waals surface area contributed by atoms with Gasteiger partial charge in [-0.05, 0) is 29.7 Å². The van der Waals surface area contributed by atoms with E-state index in [1.165, 1.54) is 0 Å². The van der Waals surface area contributed by atoms with E-state index in [-0.39, 0.29) is 18.8 Å². The summed E-state index contributed by atoms with van der Waals surface area (Å²) in [6.07, 6.45) is 0.368. The lowest BCUT2D eigenvalue weighted by Gasteiger charge is -2.32. The van der Waals surface area contributed by atoms with Gasteiger partial charge in [0.05, 0.1) is 12.5 Å². The molecule has 0 radical (unpaired) electrons. The van der Waals surface area contributed by atoms with Gasteiger partial charge in [0, 0.05) is 11.1 Å². The molecule has 2 aromatic rings. The molecule has 1 N–H and O–H groups in total. The third kappa shape index (κ3) is 5.92. The van der Waals surface area contributed by atoms with Crippen LogP contribution >= 0.6 is 0 Å². The van der Waals surface area contributed by atoms with Gasteiger partial charge in [-0.1, -0.05) is 90.1 Å². The van der Waals surface area contributed by atoms with Gasteiger partial charge in [0.15, 0.2) is 0 Å². The Balaban J connectivity index is 2.62. The molecule has 6 nitrogen and oxygen atoms in total. The second-order valence-corrected chi connectivity index (χ2v) is 10.5. The lowest BCUT2D eigenvalue weighted by Crippen LogP contribution is -2.57. The van der Waals surface area contributed by atoms with E-state index in [0.29, 0.717) is 11.8 Å². The van der Waals surface area contributed by atoms with Gasteiger partial charge < -0.3 is 19.4 Å². The zero-order valence-corrected chi connectivity index (χ0v) is 21.2. The number of hydrogen-bond acceptors (Lipinski definition) is 6. The maximum Gasteiger partial charge on any atom is 0.356 e. The number of benzene rings is 2. The van der Waals surface area contributed by atoms with Crippen LogP contribution in [0.4, 0.5) is 0 Å². The maximum atomic E-state index is 13.6. The molecule has 0 aromatic heterocycles. The van der Waals surface area contributed by atoms with Gasteiger partial charge in [-0.25, -0.2) is 9.59 Å². The number of para-hydroxylation sites is 1. The second-order valence-electron chi connectivity index (χ2n) is 10.5. The van der Waals surface area contributed by atoms with Crippen LogP contribution in [0.5, 0.6) is 5.75 Å². The van der Waals surface area contributed by atoms with E-state index in [2.05, 4.69) is 0 Å². The molecule has 6 heteroatoms. The molecule has 0 aliphatic rings. The van der Waals surface area contributed by atoms with Crippen molar-refractivity contribution in [2.75, 3.05) is 6.61 Å². The molecule has 2 rings (SSSR count). The van der Waals surface area contributed by atoms with E-state index < -0.39 is 34.3 Å². The Morgan fingerprint density at radius 2 is 1.41 bits per heavy atom. The number of hydrogen-bond donors (Lipinski definition) is 1. The highest BCUT2D eigenvalue weighted by Crippen LogP contribution is 2.40. The molecule has 2 atom stereocenters. The number of carbonyl (C=O) groups is 3. The van der Waals surface area contributed by atoms with Crippen molar-refractivity contribution in [1.82, 2.24) is 0 Å². The normalized spacial score (nSPS) is 14.6. The molecule has 2 aromatic carbocycles. The average molecular weight is 469 g/mol. The average Bonchev–Trinajstić information content (AvgIpc) is 2.76. The topological polar surface area (TPSA) is 89.9 Å². The summed E-state index contributed by atoms with van der Waals surface area (Å²) < 4.78 is 10.9. The summed E-state index contributed by atoms with van der Waals surface area (Å²) in [4.78, 5) is 38.6. The van der Waals surface area contributed by atoms with Gasteiger partial charge in [0.1, 0.15) is 12.0 Å². The fourth-order valence-electron chi connectivity index (χ4n) is 3.79. The minimum atomic E-state index is -2.81. The summed E-state index contributed by atoms with van der Waals surface area (Å²) in [7, 11) is 0. The molecule has 0 spiro atoms. The highest BCUT2D eigenvalue weighted by Gasteiger charge is 2.54. The fourth-order valence-corrected chi connectivity index (χ4v) is 3.79. The highest BCUT2D eigenvalue weighted by atomic mass is 16.6. The van der Waals surface area contributed by atoms with Gasteiger partial charge in [-0.15, -0.1) is 0 Å². The van der Waals surface area contributed by atoms with Crippen molar-refractivity contribution < 1.29 is 29.0 Å². The van der Waals surface area contributed by atoms with Crippen LogP contribution in [0.25, 0.3) is 0 Å². The number of rotatable bonds is 8. The van der Waals surface area contributed by atoms with E-state index >= 15 is 0 Å². The lowest BCUT2D eigenvalue weighted by atomic mass is 9.79. The molecule has 0 saturated heterocycles. The molecular formula is C28H36O6. The van der Waals surface area contributed by atoms with Crippen molar-refractivity contribution in [3.8, 4) is 5.75 Å². The molecule has 0 unspecified atom stereocenters. The van der Waals surface area contributed by atoms with Crippen molar-refractivity contribution in [1.29, 1.82) is 0 Å². The summed E-state index contributed by atoms with van der Waals surface area (Å²) in [6, 6.07) is 14.4. The van der Waals surface area contributed by atoms with Gasteiger partial charge in [0.2, 0.25) is 0 Å². The van der Waals surface area contributed by atoms with E-state index in [4.69, 9.17) is 9.47 Å². The Labute approximate surface area is 202 Å². The number of ether oxygens (including phenoxy) is 2. The Kier molecular flexibility index (Phi) is 8.43. The molecule has 0 bridgehead atoms. The van der Waals surface area contributed by atoms with Crippen molar-refractivity contribution in [2.45, 2.75) is 71.3 Å². The largest absolute Gasteiger partial charge is 0.463 e. The number of carbonyl (C=O) groups excluding carboxylic acids is 3. The van der Waals surface area contributed by atoms with Crippen molar-refractivity contribution in [2.24, 2.45) is 5.92 Å². The Morgan fingerprint density at radius 1 is 0.882 bits per heavy atom. The third-order valence-corrected chi connectivity index (χ3v) is 5.72. The Hall–Kier alpha value is -2.99. The van der Waals surface area contributed by atoms with Crippen LogP contribution < -0.4 is 4.74 Å². The highest BCUT2D eigenvalue weighted by molar-refractivity contribution is 6.06. The number of esters is 2. The van der Waals surface area contributed by atoms with E-state index in [0.717, 1.165) is 11.1 Å². The summed E-state index contributed by atoms with van der Waals surface area (Å²) in [6.45, 7) is 13.4. The molecule has 0 fully saturated rings. The maximum absolute atomic E-state index is 13.6. The van der Waals surface area contributed by atoms with Crippen LogP contribution in [0.3, 0.4) is 0 Å². The molecule has 184 valence electrons. The SMILES string of the molecule is CCOC(=O)[C@](O)(C(=O)Oc1c(C(C)(C)C)cccc1C(C)(C)C)[C@H](C=O)Cc1ccccc1. The first-order valence-corrected chi connectivity index (χ1v) is 11.5. The standard InChI is InChI=1S/C28H36O6/c1-8-33-24(30)28(32,20(18-29)17-19-13-10-9-11-14-19)25(31)34-23-21(26(2,3)4)15-12-16-22(23)27(5,6)7/h9-16,18,20,32H,8,17H2,1-7H3/t20-,28-/m0/s1. The molecule has 0 saturated carbocycles. The smallest absolute Gasteiger partial charge is 0.356 e. The minimum absolute atomic E-state index is 0.0399. The minimum Gasteiger partial charge on any atom is -0.463 e. The van der Waals surface area contributed by atoms with Gasteiger partial charge in [0.25, 0.3) is 5.60 Å². The lowest BCUT2D eigenvalue weighted by molar-refractivity contribution is -0.185. The molecule has 0 aliphatic heterocycles. The van der Waals surface area contributed by atoms with Crippen molar-refractivity contribution >= 4 is 18.2 Å². The summed E-state index contributed by atoms with van der Waals surface area (Å²) >= 11 is 0. The van der Waals surface area contributed by atoms with Gasteiger partial charge >= 0.3 is 11.9 Å². The summed E-state index contributed by atoms with van der Waals surface area (Å²) in [5.74, 6) is -3.57. The first-order valence-electron chi connectivity index (χ1n) is 11.5. The summed E-state index contributed by atoms with van der Waals surface area (Å²) in [5, 5.41) is 11.5. The molecule has 0 amide bonds. The van der Waals surface area contributed by atoms with Crippen molar-refractivity contribution in [3.05, 3.63) is 65.2 Å². The van der Waals surface area contributed by atoms with Crippen LogP contribution in [0.1, 0.15) is 65.2 Å². The van der Waals surface area contributed by atoms with E-state index in [1.54, 1.807) is 31.2 Å². The molecule has 34 heavy (non-hydrogen) atoms. The van der Waals surface area contributed by atoms with Crippen LogP contribution in [0, 0.1) is 5.92 Å². The quantitative estimate of drug-likeness (QED) is 0.265. The third-order valence-electron chi connectivity index (χ3n) is 5.72. The van der Waals surface area contributed by atoms with Gasteiger partial charge in [-0.3, -0.25) is 0 Å². The van der Waals surface area contributed by atoms with Crippen LogP contribution in [0.15, 0.2) is 48.5 Å². The number of aldehydes is 1. The molecule has 0 aliphatic carbocycles. The Bertz CT molecular complexity index is 981. The first-order chi connectivity index (χ1) is 15.8. The van der Waals surface area contributed by atoms with Crippen LogP contribution in [0.2, 0.25) is 0 Å². The van der Waals surface area contributed by atoms with E-state index in [1.807, 2.05) is 65.8 Å². The zero-order valence-electron chi connectivity index (χ0n) is 21.2. The second kappa shape index (κ2) is 10.5. The molecule has 0 heterocycles. The number of aliphatic hydroxyl groups is 1. The first kappa shape index (κ1) is 27.3. The summed E-state index contributed by atoms with van der Waals surface area (Å²) in [5.41, 5.74) is -1.44. The Morgan fingerprint density at radius 3 is 1.85 bits per heavy atom. The zero-order chi connectivity index (χ0) is 25.7. The van der Waals surface area contributed by atoms with Crippen LogP contribution in [-0.4, -0.2) is 35.5 Å².